The molecule has 0 fully saturated rings. The fourth-order valence-corrected chi connectivity index (χ4v) is 0.963. The minimum Gasteiger partial charge on any atom is -0.192 e. The molecule has 52 valence electrons. The van der Waals surface area contributed by atoms with Gasteiger partial charge >= 0.3 is 0 Å². The Labute approximate surface area is 65.1 Å². The van der Waals surface area contributed by atoms with Crippen LogP contribution in [0.5, 0.6) is 0 Å². The average Bonchev–Trinajstić information content (AvgIpc) is 1.99. The zero-order valence-electron chi connectivity index (χ0n) is 5.79. The summed E-state index contributed by atoms with van der Waals surface area (Å²) >= 11 is 1.50. The van der Waals surface area contributed by atoms with Gasteiger partial charge < -0.3 is 0 Å². The first kappa shape index (κ1) is 9.07. The lowest BCUT2D eigenvalue weighted by atomic mass is 10.4. The molecule has 0 aliphatic rings. The van der Waals surface area contributed by atoms with Crippen LogP contribution in [0.25, 0.3) is 0 Å². The summed E-state index contributed by atoms with van der Waals surface area (Å²) < 4.78 is 0. The molecule has 2 nitrogen and oxygen atoms in total. The molecule has 0 aliphatic carbocycles. The number of thioether (sulfide) groups is 1. The largest absolute Gasteiger partial charge is 0.192 e. The zero-order chi connectivity index (χ0) is 7.82. The molecule has 10 heavy (non-hydrogen) atoms. The second kappa shape index (κ2) is 6.19. The molecule has 0 aromatic heterocycles. The Bertz CT molecular complexity index is 179. The topological polar surface area (TPSA) is 47.6 Å². The molecule has 0 bridgehead atoms. The van der Waals surface area contributed by atoms with E-state index in [1.165, 1.54) is 11.8 Å². The van der Waals surface area contributed by atoms with Gasteiger partial charge in [0.1, 0.15) is 17.7 Å². The maximum Gasteiger partial charge on any atom is 0.135 e. The number of hydrogen-bond acceptors (Lipinski definition) is 3. The Morgan fingerprint density at radius 1 is 1.50 bits per heavy atom. The van der Waals surface area contributed by atoms with Gasteiger partial charge in [0.2, 0.25) is 0 Å². The van der Waals surface area contributed by atoms with Gasteiger partial charge in [0.05, 0.1) is 0 Å². The van der Waals surface area contributed by atoms with E-state index in [0.717, 1.165) is 12.2 Å². The monoisotopic (exact) mass is 152 g/mol. The van der Waals surface area contributed by atoms with Crippen molar-refractivity contribution in [1.82, 2.24) is 0 Å². The predicted octanol–water partition coefficient (Wildman–Crippen LogP) is 2.06. The first-order valence-corrected chi connectivity index (χ1v) is 4.02. The molecule has 0 amide bonds. The highest BCUT2D eigenvalue weighted by atomic mass is 32.2. The quantitative estimate of drug-likeness (QED) is 0.459. The third-order valence-corrected chi connectivity index (χ3v) is 1.81. The van der Waals surface area contributed by atoms with Crippen LogP contribution in [-0.2, 0) is 0 Å². The second-order valence-corrected chi connectivity index (χ2v) is 2.60. The fraction of sp³-hybridized carbons (Fsp3) is 0.429. The van der Waals surface area contributed by atoms with Crippen LogP contribution in [0.3, 0.4) is 0 Å². The van der Waals surface area contributed by atoms with Crippen molar-refractivity contribution < 1.29 is 0 Å². The molecule has 0 aliphatic heterocycles. The van der Waals surface area contributed by atoms with Crippen molar-refractivity contribution in [3.63, 3.8) is 0 Å². The summed E-state index contributed by atoms with van der Waals surface area (Å²) in [4.78, 5) is 0. The Hall–Kier alpha value is -0.930. The third kappa shape index (κ3) is 4.00. The van der Waals surface area contributed by atoms with Crippen molar-refractivity contribution in [2.45, 2.75) is 13.3 Å². The standard InChI is InChI=1S/C7H8N2S/c1-2-3-10-6-7(4-8)5-9/h6H,2-3H2,1H3. The van der Waals surface area contributed by atoms with E-state index in [-0.39, 0.29) is 5.57 Å². The lowest BCUT2D eigenvalue weighted by molar-refractivity contribution is 1.11. The molecule has 0 rings (SSSR count). The van der Waals surface area contributed by atoms with E-state index in [0.29, 0.717) is 0 Å². The first-order valence-electron chi connectivity index (χ1n) is 2.97. The molecule has 0 aromatic carbocycles. The molecule has 0 atom stereocenters. The number of rotatable bonds is 3. The van der Waals surface area contributed by atoms with E-state index in [9.17, 15) is 0 Å². The van der Waals surface area contributed by atoms with Crippen molar-refractivity contribution in [3.05, 3.63) is 11.0 Å². The molecule has 3 heteroatoms. The lowest BCUT2D eigenvalue weighted by Crippen LogP contribution is -1.71. The van der Waals surface area contributed by atoms with Gasteiger partial charge in [-0.2, -0.15) is 10.5 Å². The van der Waals surface area contributed by atoms with Gasteiger partial charge in [0.25, 0.3) is 0 Å². The van der Waals surface area contributed by atoms with Gasteiger partial charge in [-0.25, -0.2) is 0 Å². The van der Waals surface area contributed by atoms with Crippen LogP contribution in [0.1, 0.15) is 13.3 Å². The Balaban J connectivity index is 3.71. The summed E-state index contributed by atoms with van der Waals surface area (Å²) in [6.45, 7) is 2.05. The minimum atomic E-state index is 0.193. The van der Waals surface area contributed by atoms with Crippen LogP contribution < -0.4 is 0 Å². The van der Waals surface area contributed by atoms with E-state index in [2.05, 4.69) is 6.92 Å². The Morgan fingerprint density at radius 3 is 2.50 bits per heavy atom. The van der Waals surface area contributed by atoms with Crippen LogP contribution in [0.4, 0.5) is 0 Å². The van der Waals surface area contributed by atoms with Gasteiger partial charge in [0, 0.05) is 0 Å². The lowest BCUT2D eigenvalue weighted by Gasteiger charge is -1.86. The molecule has 0 aromatic rings. The Kier molecular flexibility index (Phi) is 5.62. The molecule has 0 saturated carbocycles. The molecule has 0 saturated heterocycles. The van der Waals surface area contributed by atoms with Crippen molar-refractivity contribution in [2.24, 2.45) is 0 Å². The molecule has 0 unspecified atom stereocenters. The van der Waals surface area contributed by atoms with Crippen molar-refractivity contribution in [2.75, 3.05) is 5.75 Å². The average molecular weight is 152 g/mol. The van der Waals surface area contributed by atoms with Gasteiger partial charge in [-0.05, 0) is 17.6 Å². The summed E-state index contributed by atoms with van der Waals surface area (Å²) in [5, 5.41) is 18.1. The maximum atomic E-state index is 8.27. The van der Waals surface area contributed by atoms with Crippen molar-refractivity contribution >= 4 is 11.8 Å². The summed E-state index contributed by atoms with van der Waals surface area (Å²) in [6.07, 6.45) is 1.06. The van der Waals surface area contributed by atoms with E-state index >= 15 is 0 Å². The van der Waals surface area contributed by atoms with Crippen molar-refractivity contribution in [3.8, 4) is 12.1 Å². The first-order chi connectivity index (χ1) is 4.85. The van der Waals surface area contributed by atoms with Crippen LogP contribution >= 0.6 is 11.8 Å². The van der Waals surface area contributed by atoms with E-state index < -0.39 is 0 Å². The molecule has 0 N–H and O–H groups in total. The van der Waals surface area contributed by atoms with Crippen LogP contribution in [0.2, 0.25) is 0 Å². The highest BCUT2D eigenvalue weighted by Gasteiger charge is 1.88. The third-order valence-electron chi connectivity index (χ3n) is 0.764. The van der Waals surface area contributed by atoms with E-state index in [4.69, 9.17) is 10.5 Å². The summed E-state index contributed by atoms with van der Waals surface area (Å²) in [7, 11) is 0. The Morgan fingerprint density at radius 2 is 2.10 bits per heavy atom. The zero-order valence-corrected chi connectivity index (χ0v) is 6.61. The van der Waals surface area contributed by atoms with Crippen LogP contribution in [0.15, 0.2) is 11.0 Å². The number of nitrogens with zero attached hydrogens (tertiary/aromatic N) is 2. The van der Waals surface area contributed by atoms with Crippen molar-refractivity contribution in [1.29, 1.82) is 10.5 Å². The van der Waals surface area contributed by atoms with E-state index in [1.54, 1.807) is 17.5 Å². The minimum absolute atomic E-state index is 0.193. The van der Waals surface area contributed by atoms with Crippen LogP contribution in [-0.4, -0.2) is 5.75 Å². The molecule has 0 radical (unpaired) electrons. The summed E-state index contributed by atoms with van der Waals surface area (Å²) in [6, 6.07) is 3.58. The fourth-order valence-electron chi connectivity index (χ4n) is 0.338. The second-order valence-electron chi connectivity index (χ2n) is 1.63. The normalized spacial score (nSPS) is 7.50. The number of hydrogen-bond donors (Lipinski definition) is 0. The highest BCUT2D eigenvalue weighted by Crippen LogP contribution is 2.06. The molecular weight excluding hydrogens is 144 g/mol. The highest BCUT2D eigenvalue weighted by molar-refractivity contribution is 8.02. The molecular formula is C7H8N2S. The van der Waals surface area contributed by atoms with Gasteiger partial charge in [-0.3, -0.25) is 0 Å². The van der Waals surface area contributed by atoms with Gasteiger partial charge in [-0.15, -0.1) is 11.8 Å². The van der Waals surface area contributed by atoms with Crippen LogP contribution in [0, 0.1) is 22.7 Å². The molecule has 0 heterocycles. The molecule has 0 spiro atoms. The predicted molar refractivity (Wildman–Crippen MR) is 42.1 cm³/mol. The smallest absolute Gasteiger partial charge is 0.135 e. The SMILES string of the molecule is CCCSC=C(C#N)C#N. The number of allylic oxidation sites excluding steroid dienone is 1. The summed E-state index contributed by atoms with van der Waals surface area (Å²) in [5.74, 6) is 0.965. The summed E-state index contributed by atoms with van der Waals surface area (Å²) in [5.41, 5.74) is 0.193. The van der Waals surface area contributed by atoms with E-state index in [1.807, 2.05) is 0 Å². The van der Waals surface area contributed by atoms with Gasteiger partial charge in [-0.1, -0.05) is 6.92 Å². The number of nitriles is 2. The van der Waals surface area contributed by atoms with Gasteiger partial charge in [0.15, 0.2) is 0 Å². The maximum absolute atomic E-state index is 8.27.